The summed E-state index contributed by atoms with van der Waals surface area (Å²) in [5.41, 5.74) is 3.28. The van der Waals surface area contributed by atoms with Crippen LogP contribution in [0.25, 0.3) is 11.3 Å². The number of hydrogen-bond acceptors (Lipinski definition) is 3. The van der Waals surface area contributed by atoms with Crippen LogP contribution in [0.1, 0.15) is 31.7 Å². The highest BCUT2D eigenvalue weighted by Gasteiger charge is 2.19. The third kappa shape index (κ3) is 4.38. The van der Waals surface area contributed by atoms with Crippen molar-refractivity contribution < 1.29 is 9.53 Å². The molecule has 1 aromatic heterocycles. The molecule has 0 radical (unpaired) electrons. The molecular weight excluding hydrogens is 312 g/mol. The number of amides is 1. The Hall–Kier alpha value is -2.36. The average molecular weight is 338 g/mol. The molecule has 0 spiro atoms. The Bertz CT molecular complexity index is 729. The molecule has 132 valence electrons. The number of carbonyl (C=O) groups excluding carboxylic acids is 1. The Morgan fingerprint density at radius 1 is 1.24 bits per heavy atom. The van der Waals surface area contributed by atoms with Gasteiger partial charge in [-0.2, -0.15) is 0 Å². The van der Waals surface area contributed by atoms with Gasteiger partial charge in [0.2, 0.25) is 5.91 Å². The van der Waals surface area contributed by atoms with Gasteiger partial charge in [-0.15, -0.1) is 0 Å². The van der Waals surface area contributed by atoms with E-state index in [0.29, 0.717) is 5.92 Å². The van der Waals surface area contributed by atoms with E-state index in [1.165, 1.54) is 12.0 Å². The monoisotopic (exact) mass is 338 g/mol. The molecule has 4 heteroatoms. The second kappa shape index (κ2) is 8.15. The van der Waals surface area contributed by atoms with Gasteiger partial charge in [0.05, 0.1) is 12.8 Å². The van der Waals surface area contributed by atoms with Crippen LogP contribution in [-0.4, -0.2) is 36.0 Å². The molecule has 0 N–H and O–H groups in total. The number of rotatable bonds is 4. The van der Waals surface area contributed by atoms with E-state index in [2.05, 4.69) is 17.1 Å². The Labute approximate surface area is 149 Å². The standard InChI is InChI=1S/C21H26N2O2/c1-16(24)23-12-5-6-17(10-13-23)14-18-9-11-22-20(15-18)19-7-3-4-8-21(19)25-2/h3-4,7-9,11,15,17H,5-6,10,12-14H2,1-2H3. The molecule has 2 heterocycles. The molecule has 1 unspecified atom stereocenters. The van der Waals surface area contributed by atoms with Gasteiger partial charge in [-0.3, -0.25) is 9.78 Å². The second-order valence-electron chi connectivity index (χ2n) is 6.76. The lowest BCUT2D eigenvalue weighted by atomic mass is 9.92. The summed E-state index contributed by atoms with van der Waals surface area (Å²) in [6, 6.07) is 12.3. The Morgan fingerprint density at radius 2 is 2.08 bits per heavy atom. The van der Waals surface area contributed by atoms with Crippen LogP contribution in [0.2, 0.25) is 0 Å². The number of nitrogens with zero attached hydrogens (tertiary/aromatic N) is 2. The molecule has 1 atom stereocenters. The normalized spacial score (nSPS) is 17.8. The first-order valence-corrected chi connectivity index (χ1v) is 9.01. The lowest BCUT2D eigenvalue weighted by Crippen LogP contribution is -2.29. The van der Waals surface area contributed by atoms with Gasteiger partial charge in [-0.1, -0.05) is 12.1 Å². The van der Waals surface area contributed by atoms with Crippen LogP contribution < -0.4 is 4.74 Å². The van der Waals surface area contributed by atoms with Gasteiger partial charge < -0.3 is 9.64 Å². The second-order valence-corrected chi connectivity index (χ2v) is 6.76. The van der Waals surface area contributed by atoms with E-state index in [1.54, 1.807) is 14.0 Å². The highest BCUT2D eigenvalue weighted by Crippen LogP contribution is 2.29. The summed E-state index contributed by atoms with van der Waals surface area (Å²) in [7, 11) is 1.69. The van der Waals surface area contributed by atoms with E-state index >= 15 is 0 Å². The molecule has 4 nitrogen and oxygen atoms in total. The van der Waals surface area contributed by atoms with Gasteiger partial charge in [-0.05, 0) is 61.4 Å². The average Bonchev–Trinajstić information content (AvgIpc) is 2.87. The van der Waals surface area contributed by atoms with Crippen molar-refractivity contribution in [1.82, 2.24) is 9.88 Å². The molecule has 3 rings (SSSR count). The van der Waals surface area contributed by atoms with E-state index < -0.39 is 0 Å². The summed E-state index contributed by atoms with van der Waals surface area (Å²) in [5, 5.41) is 0. The minimum absolute atomic E-state index is 0.197. The van der Waals surface area contributed by atoms with Gasteiger partial charge in [0.1, 0.15) is 5.75 Å². The summed E-state index contributed by atoms with van der Waals surface area (Å²) < 4.78 is 5.46. The fourth-order valence-electron chi connectivity index (χ4n) is 3.62. The highest BCUT2D eigenvalue weighted by molar-refractivity contribution is 5.73. The molecule has 25 heavy (non-hydrogen) atoms. The molecule has 1 aromatic carbocycles. The van der Waals surface area contributed by atoms with Crippen molar-refractivity contribution in [3.63, 3.8) is 0 Å². The Balaban J connectivity index is 1.73. The first-order chi connectivity index (χ1) is 12.2. The number of ether oxygens (including phenoxy) is 1. The summed E-state index contributed by atoms with van der Waals surface area (Å²) in [6.45, 7) is 3.45. The first kappa shape index (κ1) is 17.5. The van der Waals surface area contributed by atoms with Crippen molar-refractivity contribution in [2.45, 2.75) is 32.6 Å². The van der Waals surface area contributed by atoms with Crippen LogP contribution in [0.4, 0.5) is 0 Å². The van der Waals surface area contributed by atoms with Crippen LogP contribution in [-0.2, 0) is 11.2 Å². The number of methoxy groups -OCH3 is 1. The minimum Gasteiger partial charge on any atom is -0.496 e. The number of para-hydroxylation sites is 1. The lowest BCUT2D eigenvalue weighted by Gasteiger charge is -2.18. The number of carbonyl (C=O) groups is 1. The number of aromatic nitrogens is 1. The number of likely N-dealkylation sites (tertiary alicyclic amines) is 1. The minimum atomic E-state index is 0.197. The van der Waals surface area contributed by atoms with Crippen molar-refractivity contribution in [2.75, 3.05) is 20.2 Å². The smallest absolute Gasteiger partial charge is 0.219 e. The number of benzene rings is 1. The molecule has 2 aromatic rings. The van der Waals surface area contributed by atoms with Crippen molar-refractivity contribution in [3.05, 3.63) is 48.2 Å². The predicted octanol–water partition coefficient (Wildman–Crippen LogP) is 3.95. The van der Waals surface area contributed by atoms with Gasteiger partial charge in [0.25, 0.3) is 0 Å². The summed E-state index contributed by atoms with van der Waals surface area (Å²) in [5.74, 6) is 1.67. The number of hydrogen-bond donors (Lipinski definition) is 0. The fourth-order valence-corrected chi connectivity index (χ4v) is 3.62. The van der Waals surface area contributed by atoms with Crippen molar-refractivity contribution in [3.8, 4) is 17.0 Å². The maximum absolute atomic E-state index is 11.6. The van der Waals surface area contributed by atoms with Crippen molar-refractivity contribution in [1.29, 1.82) is 0 Å². The van der Waals surface area contributed by atoms with Crippen molar-refractivity contribution >= 4 is 5.91 Å². The zero-order chi connectivity index (χ0) is 17.6. The van der Waals surface area contributed by atoms with Crippen molar-refractivity contribution in [2.24, 2.45) is 5.92 Å². The summed E-state index contributed by atoms with van der Waals surface area (Å²) >= 11 is 0. The van der Waals surface area contributed by atoms with E-state index in [1.807, 2.05) is 35.4 Å². The van der Waals surface area contributed by atoms with E-state index in [4.69, 9.17) is 4.74 Å². The Kier molecular flexibility index (Phi) is 5.69. The quantitative estimate of drug-likeness (QED) is 0.848. The molecule has 0 aliphatic carbocycles. The van der Waals surface area contributed by atoms with Crippen LogP contribution in [0.15, 0.2) is 42.6 Å². The largest absolute Gasteiger partial charge is 0.496 e. The number of pyridine rings is 1. The summed E-state index contributed by atoms with van der Waals surface area (Å²) in [4.78, 5) is 18.1. The van der Waals surface area contributed by atoms with Crippen LogP contribution in [0, 0.1) is 5.92 Å². The molecule has 1 saturated heterocycles. The third-order valence-electron chi connectivity index (χ3n) is 5.02. The van der Waals surface area contributed by atoms with E-state index in [9.17, 15) is 4.79 Å². The molecule has 1 fully saturated rings. The Morgan fingerprint density at radius 3 is 2.88 bits per heavy atom. The predicted molar refractivity (Wildman–Crippen MR) is 99.5 cm³/mol. The SMILES string of the molecule is COc1ccccc1-c1cc(CC2CCCN(C(C)=O)CC2)ccn1. The van der Waals surface area contributed by atoms with Crippen LogP contribution in [0.5, 0.6) is 5.75 Å². The molecule has 1 aliphatic rings. The fraction of sp³-hybridized carbons (Fsp3) is 0.429. The van der Waals surface area contributed by atoms with Gasteiger partial charge in [0, 0.05) is 31.8 Å². The maximum Gasteiger partial charge on any atom is 0.219 e. The molecular formula is C21H26N2O2. The third-order valence-corrected chi connectivity index (χ3v) is 5.02. The zero-order valence-electron chi connectivity index (χ0n) is 15.1. The topological polar surface area (TPSA) is 42.4 Å². The van der Waals surface area contributed by atoms with Crippen LogP contribution in [0.3, 0.4) is 0 Å². The lowest BCUT2D eigenvalue weighted by molar-refractivity contribution is -0.128. The van der Waals surface area contributed by atoms with E-state index in [0.717, 1.165) is 49.4 Å². The molecule has 0 bridgehead atoms. The zero-order valence-corrected chi connectivity index (χ0v) is 15.1. The first-order valence-electron chi connectivity index (χ1n) is 9.01. The van der Waals surface area contributed by atoms with Gasteiger partial charge in [-0.25, -0.2) is 0 Å². The van der Waals surface area contributed by atoms with E-state index in [-0.39, 0.29) is 5.91 Å². The molecule has 1 aliphatic heterocycles. The van der Waals surface area contributed by atoms with Gasteiger partial charge >= 0.3 is 0 Å². The maximum atomic E-state index is 11.6. The van der Waals surface area contributed by atoms with Crippen LogP contribution >= 0.6 is 0 Å². The highest BCUT2D eigenvalue weighted by atomic mass is 16.5. The molecule has 0 saturated carbocycles. The van der Waals surface area contributed by atoms with Gasteiger partial charge in [0.15, 0.2) is 0 Å². The summed E-state index contributed by atoms with van der Waals surface area (Å²) in [6.07, 6.45) is 6.27. The molecule has 1 amide bonds.